The molecule has 0 aliphatic rings. The van der Waals surface area contributed by atoms with Crippen LogP contribution in [0.3, 0.4) is 0 Å². The van der Waals surface area contributed by atoms with Crippen LogP contribution in [0.1, 0.15) is 5.56 Å². The molecule has 0 fully saturated rings. The molecule has 1 N–H and O–H groups in total. The molecule has 3 aromatic heterocycles. The first-order valence-corrected chi connectivity index (χ1v) is 8.53. The second kappa shape index (κ2) is 7.81. The molecule has 0 spiro atoms. The van der Waals surface area contributed by atoms with Gasteiger partial charge in [-0.25, -0.2) is 29.0 Å². The van der Waals surface area contributed by atoms with E-state index in [9.17, 15) is 22.8 Å². The summed E-state index contributed by atoms with van der Waals surface area (Å²) in [6.45, 7) is -0.608. The van der Waals surface area contributed by atoms with Crippen molar-refractivity contribution in [2.24, 2.45) is 0 Å². The number of alkyl halides is 3. The van der Waals surface area contributed by atoms with Crippen LogP contribution in [-0.4, -0.2) is 40.4 Å². The summed E-state index contributed by atoms with van der Waals surface area (Å²) in [6.07, 6.45) is 0.612. The van der Waals surface area contributed by atoms with Gasteiger partial charge in [-0.2, -0.15) is 18.3 Å². The Morgan fingerprint density at radius 2 is 1.97 bits per heavy atom. The Hall–Kier alpha value is -4.36. The highest BCUT2D eigenvalue weighted by Gasteiger charge is 2.31. The average Bonchev–Trinajstić information content (AvgIpc) is 3.39. The number of anilines is 1. The first-order valence-electron chi connectivity index (χ1n) is 8.53. The van der Waals surface area contributed by atoms with Gasteiger partial charge in [0.25, 0.3) is 0 Å². The largest absolute Gasteiger partial charge is 0.442 e. The Labute approximate surface area is 170 Å². The predicted octanol–water partition coefficient (Wildman–Crippen LogP) is 1.53. The number of hydrogen-bond donors (Lipinski definition) is 1. The van der Waals surface area contributed by atoms with Crippen LogP contribution < -0.4 is 11.1 Å². The maximum atomic E-state index is 13.2. The summed E-state index contributed by atoms with van der Waals surface area (Å²) in [5, 5.41) is 9.77. The van der Waals surface area contributed by atoms with Crippen molar-refractivity contribution in [3.8, 4) is 17.3 Å². The fraction of sp³-hybridized carbons (Fsp3) is 0.118. The molecule has 0 aliphatic carbocycles. The van der Waals surface area contributed by atoms with Gasteiger partial charge in [-0.05, 0) is 24.3 Å². The van der Waals surface area contributed by atoms with E-state index in [0.29, 0.717) is 0 Å². The van der Waals surface area contributed by atoms with E-state index in [4.69, 9.17) is 0 Å². The van der Waals surface area contributed by atoms with E-state index in [1.807, 2.05) is 0 Å². The fourth-order valence-corrected chi connectivity index (χ4v) is 2.66. The van der Waals surface area contributed by atoms with E-state index in [2.05, 4.69) is 35.0 Å². The lowest BCUT2D eigenvalue weighted by Crippen LogP contribution is -2.26. The zero-order valence-corrected chi connectivity index (χ0v) is 15.3. The number of carbonyl (C=O) groups is 1. The summed E-state index contributed by atoms with van der Waals surface area (Å²) in [6, 6.07) is 4.29. The minimum absolute atomic E-state index is 0.0310. The Balaban J connectivity index is 1.65. The van der Waals surface area contributed by atoms with Gasteiger partial charge in [-0.3, -0.25) is 9.32 Å². The van der Waals surface area contributed by atoms with Gasteiger partial charge in [0, 0.05) is 12.4 Å². The highest BCUT2D eigenvalue weighted by atomic mass is 19.4. The molecule has 14 heteroatoms. The van der Waals surface area contributed by atoms with Crippen LogP contribution in [0.15, 0.2) is 58.6 Å². The molecule has 0 saturated heterocycles. The summed E-state index contributed by atoms with van der Waals surface area (Å²) >= 11 is 0. The molecule has 0 atom stereocenters. The zero-order chi connectivity index (χ0) is 22.0. The number of aromatic nitrogens is 7. The molecule has 158 valence electrons. The number of hydrogen-bond acceptors (Lipinski definition) is 8. The topological polar surface area (TPSA) is 134 Å². The van der Waals surface area contributed by atoms with Gasteiger partial charge in [0.05, 0.1) is 16.9 Å². The molecule has 0 unspecified atom stereocenters. The van der Waals surface area contributed by atoms with E-state index >= 15 is 0 Å². The molecule has 4 rings (SSSR count). The van der Waals surface area contributed by atoms with Crippen molar-refractivity contribution in [2.75, 3.05) is 5.32 Å². The normalized spacial score (nSPS) is 11.5. The molecule has 1 amide bonds. The molecule has 3 heterocycles. The Bertz CT molecular complexity index is 1270. The second-order valence-corrected chi connectivity index (χ2v) is 6.05. The molecule has 4 aromatic rings. The van der Waals surface area contributed by atoms with Gasteiger partial charge in [0.1, 0.15) is 19.2 Å². The first-order chi connectivity index (χ1) is 14.8. The van der Waals surface area contributed by atoms with E-state index in [-0.39, 0.29) is 23.0 Å². The second-order valence-electron chi connectivity index (χ2n) is 6.05. The lowest BCUT2D eigenvalue weighted by atomic mass is 10.1. The molecule has 0 aliphatic heterocycles. The van der Waals surface area contributed by atoms with Crippen LogP contribution in [0, 0.1) is 0 Å². The third kappa shape index (κ3) is 4.17. The molecule has 0 saturated carbocycles. The first kappa shape index (κ1) is 19.9. The molecule has 0 bridgehead atoms. The standard InChI is InChI=1S/C17H11F3N8O3/c18-17(19,20)10-2-3-12(28-9-21-8-24-28)11(6-10)25-13(29)7-27-15(26-31-16(27)30)14-22-4-1-5-23-14/h1-6,8-9H,7H2,(H,25,29). The van der Waals surface area contributed by atoms with Gasteiger partial charge in [-0.1, -0.05) is 5.16 Å². The number of amides is 1. The monoisotopic (exact) mass is 432 g/mol. The summed E-state index contributed by atoms with van der Waals surface area (Å²) in [5.41, 5.74) is -1.03. The van der Waals surface area contributed by atoms with Crippen LogP contribution in [0.2, 0.25) is 0 Å². The van der Waals surface area contributed by atoms with Crippen LogP contribution in [-0.2, 0) is 17.5 Å². The smallest absolute Gasteiger partial charge is 0.323 e. The van der Waals surface area contributed by atoms with E-state index in [0.717, 1.165) is 22.8 Å². The summed E-state index contributed by atoms with van der Waals surface area (Å²) in [5.74, 6) is -1.86. The minimum atomic E-state index is -4.64. The van der Waals surface area contributed by atoms with Crippen molar-refractivity contribution in [1.82, 2.24) is 34.5 Å². The molecular formula is C17H11F3N8O3. The Morgan fingerprint density at radius 3 is 2.65 bits per heavy atom. The summed E-state index contributed by atoms with van der Waals surface area (Å²) < 4.78 is 46.1. The van der Waals surface area contributed by atoms with Crippen LogP contribution in [0.25, 0.3) is 17.3 Å². The molecule has 11 nitrogen and oxygen atoms in total. The fourth-order valence-electron chi connectivity index (χ4n) is 2.66. The van der Waals surface area contributed by atoms with Crippen molar-refractivity contribution in [1.29, 1.82) is 0 Å². The number of carbonyl (C=O) groups excluding carboxylic acids is 1. The van der Waals surface area contributed by atoms with Gasteiger partial charge in [-0.15, -0.1) is 0 Å². The number of nitrogens with one attached hydrogen (secondary N) is 1. The predicted molar refractivity (Wildman–Crippen MR) is 96.8 cm³/mol. The van der Waals surface area contributed by atoms with Gasteiger partial charge in [0.15, 0.2) is 5.82 Å². The number of benzene rings is 1. The molecular weight excluding hydrogens is 421 g/mol. The SMILES string of the molecule is O=C(Cn1c(-c2ncccn2)noc1=O)Nc1cc(C(F)(F)F)ccc1-n1cncn1. The van der Waals surface area contributed by atoms with Crippen LogP contribution in [0.5, 0.6) is 0 Å². The lowest BCUT2D eigenvalue weighted by Gasteiger charge is -2.14. The maximum absolute atomic E-state index is 13.2. The highest BCUT2D eigenvalue weighted by Crippen LogP contribution is 2.33. The van der Waals surface area contributed by atoms with Crippen LogP contribution >= 0.6 is 0 Å². The van der Waals surface area contributed by atoms with E-state index in [1.165, 1.54) is 35.8 Å². The minimum Gasteiger partial charge on any atom is -0.323 e. The van der Waals surface area contributed by atoms with Crippen molar-refractivity contribution in [3.63, 3.8) is 0 Å². The van der Waals surface area contributed by atoms with E-state index in [1.54, 1.807) is 0 Å². The third-order valence-corrected chi connectivity index (χ3v) is 4.02. The zero-order valence-electron chi connectivity index (χ0n) is 15.3. The summed E-state index contributed by atoms with van der Waals surface area (Å²) in [4.78, 5) is 36.2. The Kier molecular flexibility index (Phi) is 5.02. The maximum Gasteiger partial charge on any atom is 0.442 e. The number of rotatable bonds is 5. The van der Waals surface area contributed by atoms with Gasteiger partial charge in [0.2, 0.25) is 11.7 Å². The van der Waals surface area contributed by atoms with E-state index < -0.39 is 29.9 Å². The van der Waals surface area contributed by atoms with Crippen molar-refractivity contribution < 1.29 is 22.5 Å². The summed E-state index contributed by atoms with van der Waals surface area (Å²) in [7, 11) is 0. The number of halogens is 3. The highest BCUT2D eigenvalue weighted by molar-refractivity contribution is 5.93. The van der Waals surface area contributed by atoms with Crippen molar-refractivity contribution in [3.05, 3.63) is 65.4 Å². The lowest BCUT2D eigenvalue weighted by molar-refractivity contribution is -0.137. The molecule has 0 radical (unpaired) electrons. The third-order valence-electron chi connectivity index (χ3n) is 4.02. The van der Waals surface area contributed by atoms with Gasteiger partial charge < -0.3 is 5.32 Å². The van der Waals surface area contributed by atoms with Gasteiger partial charge >= 0.3 is 11.9 Å². The number of nitrogens with zero attached hydrogens (tertiary/aromatic N) is 7. The average molecular weight is 432 g/mol. The van der Waals surface area contributed by atoms with Crippen molar-refractivity contribution in [2.45, 2.75) is 12.7 Å². The molecule has 31 heavy (non-hydrogen) atoms. The van der Waals surface area contributed by atoms with Crippen molar-refractivity contribution >= 4 is 11.6 Å². The van der Waals surface area contributed by atoms with Crippen LogP contribution in [0.4, 0.5) is 18.9 Å². The molecule has 1 aromatic carbocycles. The Morgan fingerprint density at radius 1 is 1.19 bits per heavy atom. The quantitative estimate of drug-likeness (QED) is 0.502.